The van der Waals surface area contributed by atoms with Gasteiger partial charge >= 0.3 is 0 Å². The first-order chi connectivity index (χ1) is 12.8. The lowest BCUT2D eigenvalue weighted by Gasteiger charge is -2.21. The zero-order chi connectivity index (χ0) is 17.7. The van der Waals surface area contributed by atoms with Gasteiger partial charge in [0, 0.05) is 43.1 Å². The van der Waals surface area contributed by atoms with Gasteiger partial charge in [0.15, 0.2) is 11.6 Å². The molecule has 2 aromatic carbocycles. The van der Waals surface area contributed by atoms with E-state index in [-0.39, 0.29) is 11.6 Å². The third-order valence-electron chi connectivity index (χ3n) is 4.65. The molecule has 2 nitrogen and oxygen atoms in total. The lowest BCUT2D eigenvalue weighted by atomic mass is 9.80. The van der Waals surface area contributed by atoms with Gasteiger partial charge in [0.2, 0.25) is 0 Å². The maximum atomic E-state index is 13.3. The molecule has 0 spiro atoms. The summed E-state index contributed by atoms with van der Waals surface area (Å²) in [5, 5.41) is 4.02. The Bertz CT molecular complexity index is 1150. The van der Waals surface area contributed by atoms with Crippen LogP contribution in [-0.2, 0) is 0 Å². The Morgan fingerprint density at radius 2 is 1.12 bits per heavy atom. The summed E-state index contributed by atoms with van der Waals surface area (Å²) < 4.78 is 0. The first-order valence-corrected chi connectivity index (χ1v) is 9.95. The molecule has 0 N–H and O–H groups in total. The van der Waals surface area contributed by atoms with E-state index >= 15 is 0 Å². The number of fused-ring (bicyclic) bond motifs is 2. The van der Waals surface area contributed by atoms with Crippen LogP contribution in [0.2, 0.25) is 0 Å². The summed E-state index contributed by atoms with van der Waals surface area (Å²) in [6.45, 7) is 0. The Hall–Kier alpha value is -2.82. The van der Waals surface area contributed by atoms with Gasteiger partial charge in [-0.15, -0.1) is 22.7 Å². The molecule has 1 aliphatic carbocycles. The molecule has 0 saturated heterocycles. The highest BCUT2D eigenvalue weighted by atomic mass is 32.1. The van der Waals surface area contributed by atoms with Crippen LogP contribution >= 0.6 is 22.7 Å². The summed E-state index contributed by atoms with van der Waals surface area (Å²) >= 11 is 3.22. The molecular formula is C22H12O2S2. The van der Waals surface area contributed by atoms with E-state index in [1.54, 1.807) is 46.9 Å². The summed E-state index contributed by atoms with van der Waals surface area (Å²) in [5.41, 5.74) is 3.88. The molecule has 0 unspecified atom stereocenters. The van der Waals surface area contributed by atoms with Crippen molar-refractivity contribution in [3.05, 3.63) is 93.7 Å². The summed E-state index contributed by atoms with van der Waals surface area (Å²) in [6.07, 6.45) is 0. The van der Waals surface area contributed by atoms with Gasteiger partial charge in [-0.05, 0) is 29.0 Å². The molecule has 2 aromatic heterocycles. The van der Waals surface area contributed by atoms with Crippen molar-refractivity contribution in [1.82, 2.24) is 0 Å². The van der Waals surface area contributed by atoms with E-state index in [0.29, 0.717) is 22.3 Å². The summed E-state index contributed by atoms with van der Waals surface area (Å²) in [5.74, 6) is -0.150. The Kier molecular flexibility index (Phi) is 3.48. The van der Waals surface area contributed by atoms with Crippen LogP contribution in [-0.4, -0.2) is 11.6 Å². The van der Waals surface area contributed by atoms with Gasteiger partial charge in [-0.3, -0.25) is 9.59 Å². The first kappa shape index (κ1) is 15.4. The van der Waals surface area contributed by atoms with Crippen molar-refractivity contribution in [3.8, 4) is 20.9 Å². The van der Waals surface area contributed by atoms with E-state index in [2.05, 4.69) is 0 Å². The number of thiophene rings is 2. The molecule has 0 radical (unpaired) electrons. The van der Waals surface area contributed by atoms with E-state index in [4.69, 9.17) is 0 Å². The van der Waals surface area contributed by atoms with Crippen LogP contribution in [0.3, 0.4) is 0 Å². The fourth-order valence-corrected chi connectivity index (χ4v) is 5.05. The topological polar surface area (TPSA) is 34.1 Å². The van der Waals surface area contributed by atoms with Crippen LogP contribution in [0.25, 0.3) is 20.9 Å². The molecular weight excluding hydrogens is 360 g/mol. The van der Waals surface area contributed by atoms with Crippen molar-refractivity contribution in [1.29, 1.82) is 0 Å². The molecule has 26 heavy (non-hydrogen) atoms. The molecule has 124 valence electrons. The zero-order valence-corrected chi connectivity index (χ0v) is 15.2. The quantitative estimate of drug-likeness (QED) is 0.385. The number of hydrogen-bond acceptors (Lipinski definition) is 4. The van der Waals surface area contributed by atoms with Gasteiger partial charge in [0.25, 0.3) is 0 Å². The van der Waals surface area contributed by atoms with Crippen molar-refractivity contribution >= 4 is 34.2 Å². The summed E-state index contributed by atoms with van der Waals surface area (Å²) in [4.78, 5) is 28.5. The number of rotatable bonds is 2. The highest BCUT2D eigenvalue weighted by molar-refractivity contribution is 7.14. The van der Waals surface area contributed by atoms with Crippen LogP contribution in [0.4, 0.5) is 0 Å². The second-order valence-electron chi connectivity index (χ2n) is 6.07. The van der Waals surface area contributed by atoms with Crippen LogP contribution in [0.1, 0.15) is 31.8 Å². The maximum absolute atomic E-state index is 13.3. The zero-order valence-electron chi connectivity index (χ0n) is 13.6. The molecule has 0 bridgehead atoms. The molecule has 0 aliphatic heterocycles. The van der Waals surface area contributed by atoms with Crippen molar-refractivity contribution in [2.24, 2.45) is 0 Å². The number of ketones is 2. The lowest BCUT2D eigenvalue weighted by Crippen LogP contribution is -2.21. The van der Waals surface area contributed by atoms with Crippen LogP contribution in [0.15, 0.2) is 71.4 Å². The molecule has 1 aliphatic rings. The highest BCUT2D eigenvalue weighted by Gasteiger charge is 2.33. The first-order valence-electron chi connectivity index (χ1n) is 8.19. The number of benzene rings is 2. The molecule has 0 amide bonds. The molecule has 4 aromatic rings. The van der Waals surface area contributed by atoms with Gasteiger partial charge in [-0.25, -0.2) is 0 Å². The predicted octanol–water partition coefficient (Wildman–Crippen LogP) is 5.92. The molecule has 0 fully saturated rings. The van der Waals surface area contributed by atoms with E-state index in [1.807, 2.05) is 47.2 Å². The largest absolute Gasteiger partial charge is 0.289 e. The molecule has 0 atom stereocenters. The van der Waals surface area contributed by atoms with Crippen LogP contribution < -0.4 is 0 Å². The predicted molar refractivity (Wildman–Crippen MR) is 106 cm³/mol. The minimum Gasteiger partial charge on any atom is -0.289 e. The standard InChI is InChI=1S/C22H12O2S2/c23-21-13-5-1-2-6-14(13)22(24)20-16(21)10-9-15(17-7-3-11-25-17)19(20)18-8-4-12-26-18/h1-12H. The minimum absolute atomic E-state index is 0.0722. The minimum atomic E-state index is -0.0780. The molecule has 5 rings (SSSR count). The smallest absolute Gasteiger partial charge is 0.195 e. The normalized spacial score (nSPS) is 12.8. The van der Waals surface area contributed by atoms with Crippen molar-refractivity contribution in [2.75, 3.05) is 0 Å². The SMILES string of the molecule is O=C1c2ccccc2C(=O)c2c1ccc(-c1cccs1)c2-c1cccs1. The maximum Gasteiger partial charge on any atom is 0.195 e. The monoisotopic (exact) mass is 372 g/mol. The Morgan fingerprint density at radius 1 is 0.500 bits per heavy atom. The average molecular weight is 372 g/mol. The third-order valence-corrected chi connectivity index (χ3v) is 6.44. The summed E-state index contributed by atoms with van der Waals surface area (Å²) in [6, 6.07) is 18.9. The Balaban J connectivity index is 1.88. The van der Waals surface area contributed by atoms with Gasteiger partial charge < -0.3 is 0 Å². The van der Waals surface area contributed by atoms with Crippen LogP contribution in [0, 0.1) is 0 Å². The van der Waals surface area contributed by atoms with E-state index in [9.17, 15) is 9.59 Å². The van der Waals surface area contributed by atoms with Gasteiger partial charge in [0.05, 0.1) is 0 Å². The van der Waals surface area contributed by atoms with Crippen molar-refractivity contribution < 1.29 is 9.59 Å². The number of carbonyl (C=O) groups excluding carboxylic acids is 2. The third kappa shape index (κ3) is 2.16. The van der Waals surface area contributed by atoms with E-state index < -0.39 is 0 Å². The molecule has 2 heterocycles. The fourth-order valence-electron chi connectivity index (χ4n) is 3.50. The van der Waals surface area contributed by atoms with Crippen LogP contribution in [0.5, 0.6) is 0 Å². The number of hydrogen-bond donors (Lipinski definition) is 0. The van der Waals surface area contributed by atoms with Crippen molar-refractivity contribution in [2.45, 2.75) is 0 Å². The second kappa shape index (κ2) is 5.87. The number of carbonyl (C=O) groups is 2. The second-order valence-corrected chi connectivity index (χ2v) is 7.96. The van der Waals surface area contributed by atoms with Gasteiger partial charge in [-0.2, -0.15) is 0 Å². The lowest BCUT2D eigenvalue weighted by molar-refractivity contribution is 0.0979. The average Bonchev–Trinajstić information content (AvgIpc) is 3.38. The molecule has 4 heteroatoms. The van der Waals surface area contributed by atoms with Crippen molar-refractivity contribution in [3.63, 3.8) is 0 Å². The van der Waals surface area contributed by atoms with Gasteiger partial charge in [-0.1, -0.05) is 42.5 Å². The fraction of sp³-hybridized carbons (Fsp3) is 0. The molecule has 0 saturated carbocycles. The Morgan fingerprint density at radius 3 is 1.77 bits per heavy atom. The Labute approximate surface area is 158 Å². The van der Waals surface area contributed by atoms with Gasteiger partial charge in [0.1, 0.15) is 0 Å². The van der Waals surface area contributed by atoms with E-state index in [1.165, 1.54) is 0 Å². The highest BCUT2D eigenvalue weighted by Crippen LogP contribution is 2.43. The van der Waals surface area contributed by atoms with E-state index in [0.717, 1.165) is 20.9 Å². The summed E-state index contributed by atoms with van der Waals surface area (Å²) in [7, 11) is 0.